The molecule has 4 rings (SSSR count). The van der Waals surface area contributed by atoms with Gasteiger partial charge in [-0.25, -0.2) is 9.59 Å². The average molecular weight is 885 g/mol. The number of hydroxylamine groups is 4. The van der Waals surface area contributed by atoms with Gasteiger partial charge in [0.25, 0.3) is 23.6 Å². The third-order valence-corrected chi connectivity index (χ3v) is 10.5. The number of piperidine rings is 2. The Hall–Kier alpha value is -4.98. The first kappa shape index (κ1) is 55.0. The molecule has 20 nitrogen and oxygen atoms in total. The molecule has 0 bridgehead atoms. The molecule has 0 saturated carbocycles. The Morgan fingerprint density at radius 1 is 0.452 bits per heavy atom. The van der Waals surface area contributed by atoms with Crippen LogP contribution in [-0.2, 0) is 57.6 Å². The van der Waals surface area contributed by atoms with Crippen molar-refractivity contribution in [3.8, 4) is 0 Å². The van der Waals surface area contributed by atoms with Gasteiger partial charge in [0.1, 0.15) is 0 Å². The summed E-state index contributed by atoms with van der Waals surface area (Å²) in [6.07, 6.45) is 6.68. The highest BCUT2D eigenvalue weighted by Gasteiger charge is 2.34. The van der Waals surface area contributed by atoms with Gasteiger partial charge >= 0.3 is 11.9 Å². The number of hydrogen-bond acceptors (Lipinski definition) is 14. The van der Waals surface area contributed by atoms with Crippen LogP contribution in [0.1, 0.15) is 145 Å². The molecule has 4 saturated heterocycles. The second kappa shape index (κ2) is 30.1. The van der Waals surface area contributed by atoms with Crippen molar-refractivity contribution in [3.63, 3.8) is 0 Å². The van der Waals surface area contributed by atoms with Crippen LogP contribution in [0.4, 0.5) is 0 Å². The molecule has 0 aromatic carbocycles. The van der Waals surface area contributed by atoms with Gasteiger partial charge in [0, 0.05) is 88.9 Å². The van der Waals surface area contributed by atoms with Crippen LogP contribution < -0.4 is 21.3 Å². The minimum atomic E-state index is -0.771. The molecule has 4 aliphatic rings. The van der Waals surface area contributed by atoms with Gasteiger partial charge in [0.05, 0.1) is 25.9 Å². The van der Waals surface area contributed by atoms with Crippen molar-refractivity contribution in [3.05, 3.63) is 0 Å². The van der Waals surface area contributed by atoms with Gasteiger partial charge in [0.2, 0.25) is 23.6 Å². The van der Waals surface area contributed by atoms with E-state index in [9.17, 15) is 47.9 Å². The quantitative estimate of drug-likeness (QED) is 0.0871. The normalized spacial score (nSPS) is 21.2. The Morgan fingerprint density at radius 2 is 0.710 bits per heavy atom. The zero-order valence-corrected chi connectivity index (χ0v) is 38.1. The van der Waals surface area contributed by atoms with Crippen LogP contribution in [0.3, 0.4) is 0 Å². The Kier molecular flexibility index (Phi) is 26.7. The Balaban J connectivity index is 0.000000574. The van der Waals surface area contributed by atoms with Gasteiger partial charge in [0.15, 0.2) is 0 Å². The van der Waals surface area contributed by atoms with Crippen molar-refractivity contribution >= 4 is 59.2 Å². The third-order valence-electron chi connectivity index (χ3n) is 10.5. The molecule has 352 valence electrons. The van der Waals surface area contributed by atoms with Crippen molar-refractivity contribution in [2.24, 2.45) is 0 Å². The number of carbonyl (C=O) groups is 10. The van der Waals surface area contributed by atoms with Gasteiger partial charge in [-0.15, -0.1) is 10.1 Å². The van der Waals surface area contributed by atoms with Crippen molar-refractivity contribution < 1.29 is 57.6 Å². The van der Waals surface area contributed by atoms with Crippen LogP contribution in [0, 0.1) is 0 Å². The molecule has 20 heteroatoms. The number of imide groups is 2. The molecule has 0 spiro atoms. The molecule has 4 heterocycles. The second-order valence-corrected chi connectivity index (χ2v) is 15.1. The number of rotatable bonds is 18. The van der Waals surface area contributed by atoms with E-state index in [1.807, 2.05) is 27.7 Å². The summed E-state index contributed by atoms with van der Waals surface area (Å²) >= 11 is 0. The molecule has 4 fully saturated rings. The number of likely N-dealkylation sites (tertiary alicyclic amines) is 2. The fourth-order valence-electron chi connectivity index (χ4n) is 7.04. The smallest absolute Gasteiger partial charge is 0.334 e. The maximum Gasteiger partial charge on any atom is 0.334 e. The predicted octanol–water partition coefficient (Wildman–Crippen LogP) is 1.79. The summed E-state index contributed by atoms with van der Waals surface area (Å²) in [7, 11) is 0. The molecule has 0 aliphatic carbocycles. The van der Waals surface area contributed by atoms with E-state index in [2.05, 4.69) is 58.8 Å². The molecule has 0 aromatic heterocycles. The summed E-state index contributed by atoms with van der Waals surface area (Å²) in [5.74, 6) is -4.57. The summed E-state index contributed by atoms with van der Waals surface area (Å²) in [6, 6.07) is 1.50. The Bertz CT molecular complexity index is 1370. The molecule has 62 heavy (non-hydrogen) atoms. The number of hydrogen-bond donors (Lipinski definition) is 4. The topological polar surface area (TPSA) is 250 Å². The van der Waals surface area contributed by atoms with E-state index >= 15 is 0 Å². The Morgan fingerprint density at radius 3 is 1.00 bits per heavy atom. The van der Waals surface area contributed by atoms with E-state index < -0.39 is 35.6 Å². The highest BCUT2D eigenvalue weighted by Crippen LogP contribution is 2.23. The standard InChI is InChI=1S/2C19H30N4O6.2C2H6/c2*1-13-4-3-5-14(2)22(13)12-16(25)21-10-8-15(24)20-11-9-19(28)29-23-17(26)6-7-18(23)27;2*1-2/h2*13-14H,3-12H2,1-2H3,(H,20,24)(H,21,25);2*1-2H3/i20+1,21+1;11+1,12+1;;. The van der Waals surface area contributed by atoms with Gasteiger partial charge in [-0.05, 0) is 53.4 Å². The van der Waals surface area contributed by atoms with E-state index in [0.29, 0.717) is 47.4 Å². The lowest BCUT2D eigenvalue weighted by atomic mass is 9.98. The van der Waals surface area contributed by atoms with Crippen LogP contribution in [0.25, 0.3) is 0 Å². The number of nitrogens with zero attached hydrogens (tertiary/aromatic N) is 4. The number of nitrogens with one attached hydrogen (secondary N) is 4. The zero-order chi connectivity index (χ0) is 46.8. The highest BCUT2D eigenvalue weighted by molar-refractivity contribution is 6.02. The predicted molar refractivity (Wildman–Crippen MR) is 227 cm³/mol. The molecule has 4 aliphatic heterocycles. The van der Waals surface area contributed by atoms with E-state index in [4.69, 9.17) is 9.68 Å². The molecule has 4 unspecified atom stereocenters. The van der Waals surface area contributed by atoms with Gasteiger partial charge in [-0.3, -0.25) is 48.2 Å². The van der Waals surface area contributed by atoms with Gasteiger partial charge in [-0.2, -0.15) is 0 Å². The summed E-state index contributed by atoms with van der Waals surface area (Å²) in [6.45, 7) is 17.6. The largest absolute Gasteiger partial charge is 0.355 e. The molecule has 8 amide bonds. The van der Waals surface area contributed by atoms with E-state index in [1.54, 1.807) is 0 Å². The minimum absolute atomic E-state index is 0.0185. The van der Waals surface area contributed by atoms with Crippen LogP contribution in [0.2, 0.25) is 0 Å². The maximum absolute atomic E-state index is 12.1. The lowest BCUT2D eigenvalue weighted by Gasteiger charge is -2.38. The third kappa shape index (κ3) is 20.3. The molecule has 4 atom stereocenters. The number of amides is 8. The molecular weight excluding hydrogens is 812 g/mol. The fourth-order valence-corrected chi connectivity index (χ4v) is 7.04. The summed E-state index contributed by atoms with van der Waals surface area (Å²) in [5.41, 5.74) is 0. The first-order valence-corrected chi connectivity index (χ1v) is 22.3. The van der Waals surface area contributed by atoms with Crippen molar-refractivity contribution in [2.45, 2.75) is 169 Å². The van der Waals surface area contributed by atoms with E-state index in [1.165, 1.54) is 12.8 Å². The number of carbonyl (C=O) groups excluding carboxylic acids is 10. The van der Waals surface area contributed by atoms with E-state index in [0.717, 1.165) is 25.7 Å². The zero-order valence-electron chi connectivity index (χ0n) is 38.1. The summed E-state index contributed by atoms with van der Waals surface area (Å²) < 4.78 is 0. The van der Waals surface area contributed by atoms with Crippen molar-refractivity contribution in [2.75, 3.05) is 39.3 Å². The first-order valence-electron chi connectivity index (χ1n) is 22.3. The fraction of sp³-hybridized carbons (Fsp3) is 0.762. The summed E-state index contributed by atoms with van der Waals surface area (Å²) in [5, 5.41) is 11.5. The molecule has 0 aromatic rings. The monoisotopic (exact) mass is 885 g/mol. The molecule has 4 N–H and O–H groups in total. The van der Waals surface area contributed by atoms with Crippen LogP contribution in [0.15, 0.2) is 0 Å². The second-order valence-electron chi connectivity index (χ2n) is 15.1. The lowest BCUT2D eigenvalue weighted by molar-refractivity contribution is -0.197. The highest BCUT2D eigenvalue weighted by atomic mass is 16.7. The van der Waals surface area contributed by atoms with Gasteiger partial charge in [-0.1, -0.05) is 40.5 Å². The minimum Gasteiger partial charge on any atom is -0.355 e. The van der Waals surface area contributed by atoms with Crippen LogP contribution in [0.5, 0.6) is 0 Å². The Labute approximate surface area is 366 Å². The first-order chi connectivity index (χ1) is 29.5. The van der Waals surface area contributed by atoms with Gasteiger partial charge < -0.3 is 30.9 Å². The SMILES string of the molecule is CC.CC.CC1CCCC(C)N1CC(=O)[15NH]CCC(=O)[15NH]CCC(=O)ON1C(=O)CCC1=O.CC1CCCC(C)N1[13CH2]C(=O)NCCC(=O)N[13CH2]CC(=O)ON1C(=O)CCC1=O. The molecular formula is C42H72N8O12. The van der Waals surface area contributed by atoms with Crippen LogP contribution >= 0.6 is 0 Å². The average Bonchev–Trinajstić information content (AvgIpc) is 3.72. The van der Waals surface area contributed by atoms with Crippen LogP contribution in [-0.4, -0.2) is 143 Å². The van der Waals surface area contributed by atoms with Crippen molar-refractivity contribution in [1.29, 1.82) is 0 Å². The molecule has 0 radical (unpaired) electrons. The van der Waals surface area contributed by atoms with E-state index in [-0.39, 0.29) is 101 Å². The van der Waals surface area contributed by atoms with Crippen molar-refractivity contribution in [1.82, 2.24) is 41.2 Å². The lowest BCUT2D eigenvalue weighted by Crippen LogP contribution is -2.49. The summed E-state index contributed by atoms with van der Waals surface area (Å²) in [4.78, 5) is 130. The maximum atomic E-state index is 12.1.